The van der Waals surface area contributed by atoms with Crippen LogP contribution < -0.4 is 10.6 Å². The fourth-order valence-electron chi connectivity index (χ4n) is 2.13. The minimum absolute atomic E-state index is 0.0946. The van der Waals surface area contributed by atoms with Gasteiger partial charge in [-0.05, 0) is 47.8 Å². The van der Waals surface area contributed by atoms with E-state index in [0.717, 1.165) is 6.07 Å². The molecular weight excluding hydrogens is 398 g/mol. The number of anilines is 2. The first-order valence-corrected chi connectivity index (χ1v) is 8.98. The highest BCUT2D eigenvalue weighted by Gasteiger charge is 2.13. The first kappa shape index (κ1) is 18.4. The van der Waals surface area contributed by atoms with Crippen LogP contribution in [0.15, 0.2) is 53.9 Å². The molecule has 0 bridgehead atoms. The van der Waals surface area contributed by atoms with Gasteiger partial charge < -0.3 is 10.6 Å². The van der Waals surface area contributed by atoms with E-state index in [1.807, 2.05) is 0 Å². The van der Waals surface area contributed by atoms with Crippen LogP contribution in [0.1, 0.15) is 20.0 Å². The van der Waals surface area contributed by atoms with E-state index in [2.05, 4.69) is 10.6 Å². The molecule has 2 aromatic carbocycles. The van der Waals surface area contributed by atoms with E-state index in [0.29, 0.717) is 21.3 Å². The molecule has 132 valence electrons. The largest absolute Gasteiger partial charge is 0.322 e. The molecule has 2 amide bonds. The van der Waals surface area contributed by atoms with Crippen molar-refractivity contribution in [2.75, 3.05) is 10.6 Å². The lowest BCUT2D eigenvalue weighted by atomic mass is 10.1. The Kier molecular flexibility index (Phi) is 5.56. The van der Waals surface area contributed by atoms with Crippen molar-refractivity contribution in [3.8, 4) is 0 Å². The lowest BCUT2D eigenvalue weighted by molar-refractivity contribution is 0.101. The average Bonchev–Trinajstić information content (AvgIpc) is 3.15. The van der Waals surface area contributed by atoms with Crippen LogP contribution in [0.2, 0.25) is 10.0 Å². The number of hydrogen-bond donors (Lipinski definition) is 2. The zero-order chi connectivity index (χ0) is 18.7. The van der Waals surface area contributed by atoms with E-state index in [-0.39, 0.29) is 16.5 Å². The van der Waals surface area contributed by atoms with Crippen LogP contribution in [-0.2, 0) is 0 Å². The lowest BCUT2D eigenvalue weighted by Crippen LogP contribution is -2.14. The highest BCUT2D eigenvalue weighted by molar-refractivity contribution is 7.12. The standard InChI is InChI=1S/C18H11Cl2FN2O2S/c19-12-5-3-10(8-15(12)23-18(25)16-2-1-7-26-16)17(24)22-11-4-6-14(21)13(20)9-11/h1-9H,(H,22,24)(H,23,25). The molecule has 3 rings (SSSR count). The molecule has 0 spiro atoms. The van der Waals surface area contributed by atoms with Crippen molar-refractivity contribution >= 4 is 57.7 Å². The molecule has 8 heteroatoms. The van der Waals surface area contributed by atoms with Crippen LogP contribution in [0.5, 0.6) is 0 Å². The van der Waals surface area contributed by atoms with Crippen molar-refractivity contribution < 1.29 is 14.0 Å². The van der Waals surface area contributed by atoms with Gasteiger partial charge in [0.2, 0.25) is 0 Å². The molecule has 0 aliphatic carbocycles. The summed E-state index contributed by atoms with van der Waals surface area (Å²) in [4.78, 5) is 25.1. The van der Waals surface area contributed by atoms with E-state index < -0.39 is 11.7 Å². The molecule has 0 aliphatic heterocycles. The molecule has 0 atom stereocenters. The second kappa shape index (κ2) is 7.86. The van der Waals surface area contributed by atoms with E-state index >= 15 is 0 Å². The summed E-state index contributed by atoms with van der Waals surface area (Å²) in [5, 5.41) is 7.28. The van der Waals surface area contributed by atoms with Gasteiger partial charge in [-0.25, -0.2) is 4.39 Å². The van der Waals surface area contributed by atoms with Gasteiger partial charge in [-0.3, -0.25) is 9.59 Å². The first-order valence-electron chi connectivity index (χ1n) is 7.35. The Hall–Kier alpha value is -2.41. The average molecular weight is 409 g/mol. The van der Waals surface area contributed by atoms with E-state index in [4.69, 9.17) is 23.2 Å². The number of nitrogens with one attached hydrogen (secondary N) is 2. The van der Waals surface area contributed by atoms with Gasteiger partial charge in [-0.15, -0.1) is 11.3 Å². The van der Waals surface area contributed by atoms with Gasteiger partial charge in [0.15, 0.2) is 0 Å². The smallest absolute Gasteiger partial charge is 0.265 e. The number of hydrogen-bond acceptors (Lipinski definition) is 3. The van der Waals surface area contributed by atoms with Crippen LogP contribution >= 0.6 is 34.5 Å². The Morgan fingerprint density at radius 1 is 0.923 bits per heavy atom. The number of rotatable bonds is 4. The molecule has 1 aromatic heterocycles. The zero-order valence-electron chi connectivity index (χ0n) is 13.1. The normalized spacial score (nSPS) is 10.4. The summed E-state index contributed by atoms with van der Waals surface area (Å²) in [6.07, 6.45) is 0. The highest BCUT2D eigenvalue weighted by atomic mass is 35.5. The molecule has 0 unspecified atom stereocenters. The summed E-state index contributed by atoms with van der Waals surface area (Å²) in [5.41, 5.74) is 0.937. The molecule has 3 aromatic rings. The molecule has 1 heterocycles. The van der Waals surface area contributed by atoms with Gasteiger partial charge in [0.25, 0.3) is 11.8 Å². The van der Waals surface area contributed by atoms with Crippen LogP contribution in [-0.4, -0.2) is 11.8 Å². The van der Waals surface area contributed by atoms with Crippen molar-refractivity contribution in [1.29, 1.82) is 0 Å². The number of carbonyl (C=O) groups is 2. The van der Waals surface area contributed by atoms with Crippen LogP contribution in [0, 0.1) is 5.82 Å². The molecule has 0 aliphatic rings. The highest BCUT2D eigenvalue weighted by Crippen LogP contribution is 2.25. The van der Waals surface area contributed by atoms with Crippen molar-refractivity contribution in [3.05, 3.63) is 80.2 Å². The Morgan fingerprint density at radius 3 is 2.42 bits per heavy atom. The van der Waals surface area contributed by atoms with Crippen molar-refractivity contribution in [2.45, 2.75) is 0 Å². The summed E-state index contributed by atoms with van der Waals surface area (Å²) >= 11 is 13.1. The second-order valence-electron chi connectivity index (χ2n) is 5.21. The summed E-state index contributed by atoms with van der Waals surface area (Å²) in [7, 11) is 0. The molecule has 26 heavy (non-hydrogen) atoms. The molecule has 2 N–H and O–H groups in total. The summed E-state index contributed by atoms with van der Waals surface area (Å²) < 4.78 is 13.2. The minimum Gasteiger partial charge on any atom is -0.322 e. The lowest BCUT2D eigenvalue weighted by Gasteiger charge is -2.10. The summed E-state index contributed by atoms with van der Waals surface area (Å²) in [6, 6.07) is 11.8. The third kappa shape index (κ3) is 4.22. The molecule has 0 fully saturated rings. The summed E-state index contributed by atoms with van der Waals surface area (Å²) in [6.45, 7) is 0. The third-order valence-corrected chi connectivity index (χ3v) is 4.89. The van der Waals surface area contributed by atoms with Crippen LogP contribution in [0.4, 0.5) is 15.8 Å². The van der Waals surface area contributed by atoms with E-state index in [1.165, 1.54) is 41.7 Å². The third-order valence-electron chi connectivity index (χ3n) is 3.40. The monoisotopic (exact) mass is 408 g/mol. The Balaban J connectivity index is 1.78. The zero-order valence-corrected chi connectivity index (χ0v) is 15.4. The Bertz CT molecular complexity index is 977. The first-order chi connectivity index (χ1) is 12.4. The Morgan fingerprint density at radius 2 is 1.73 bits per heavy atom. The number of halogens is 3. The van der Waals surface area contributed by atoms with Gasteiger partial charge in [-0.2, -0.15) is 0 Å². The van der Waals surface area contributed by atoms with Crippen LogP contribution in [0.3, 0.4) is 0 Å². The topological polar surface area (TPSA) is 58.2 Å². The van der Waals surface area contributed by atoms with Crippen molar-refractivity contribution in [2.24, 2.45) is 0 Å². The van der Waals surface area contributed by atoms with Gasteiger partial charge in [0, 0.05) is 11.3 Å². The van der Waals surface area contributed by atoms with Crippen LogP contribution in [0.25, 0.3) is 0 Å². The maximum Gasteiger partial charge on any atom is 0.265 e. The minimum atomic E-state index is -0.574. The fourth-order valence-corrected chi connectivity index (χ4v) is 3.10. The Labute approximate surface area is 162 Å². The van der Waals surface area contributed by atoms with Gasteiger partial charge in [0.05, 0.1) is 20.6 Å². The van der Waals surface area contributed by atoms with Gasteiger partial charge in [-0.1, -0.05) is 29.3 Å². The second-order valence-corrected chi connectivity index (χ2v) is 6.97. The van der Waals surface area contributed by atoms with Crippen molar-refractivity contribution in [1.82, 2.24) is 0 Å². The van der Waals surface area contributed by atoms with E-state index in [1.54, 1.807) is 17.5 Å². The molecule has 0 saturated carbocycles. The van der Waals surface area contributed by atoms with Crippen molar-refractivity contribution in [3.63, 3.8) is 0 Å². The van der Waals surface area contributed by atoms with Gasteiger partial charge >= 0.3 is 0 Å². The predicted octanol–water partition coefficient (Wildman–Crippen LogP) is 5.70. The number of benzene rings is 2. The molecular formula is C18H11Cl2FN2O2S. The fraction of sp³-hybridized carbons (Fsp3) is 0. The number of thiophene rings is 1. The van der Waals surface area contributed by atoms with E-state index in [9.17, 15) is 14.0 Å². The predicted molar refractivity (Wildman–Crippen MR) is 103 cm³/mol. The molecule has 0 saturated heterocycles. The maximum atomic E-state index is 13.2. The number of amides is 2. The summed E-state index contributed by atoms with van der Waals surface area (Å²) in [5.74, 6) is -1.34. The maximum absolute atomic E-state index is 13.2. The van der Waals surface area contributed by atoms with Gasteiger partial charge in [0.1, 0.15) is 5.82 Å². The SMILES string of the molecule is O=C(Nc1ccc(F)c(Cl)c1)c1ccc(Cl)c(NC(=O)c2cccs2)c1. The number of carbonyl (C=O) groups excluding carboxylic acids is 2. The molecule has 4 nitrogen and oxygen atoms in total. The quantitative estimate of drug-likeness (QED) is 0.581. The molecule has 0 radical (unpaired) electrons.